The summed E-state index contributed by atoms with van der Waals surface area (Å²) < 4.78 is 0. The van der Waals surface area contributed by atoms with Crippen molar-refractivity contribution in [1.82, 2.24) is 0 Å². The fourth-order valence-electron chi connectivity index (χ4n) is 2.03. The number of carbonyl (C=O) groups is 1. The average Bonchev–Trinajstić information content (AvgIpc) is 2.57. The zero-order valence-electron chi connectivity index (χ0n) is 14.8. The minimum atomic E-state index is -0.745. The Morgan fingerprint density at radius 2 is 1.75 bits per heavy atom. The molecule has 136 valence electrons. The van der Waals surface area contributed by atoms with Crippen molar-refractivity contribution in [3.05, 3.63) is 48.6 Å². The first-order valence-electron chi connectivity index (χ1n) is 8.86. The summed E-state index contributed by atoms with van der Waals surface area (Å²) in [5.41, 5.74) is 0. The molecule has 0 amide bonds. The highest BCUT2D eigenvalue weighted by atomic mass is 17.1. The summed E-state index contributed by atoms with van der Waals surface area (Å²) in [4.78, 5) is 14.8. The van der Waals surface area contributed by atoms with Crippen LogP contribution in [-0.4, -0.2) is 22.4 Å². The average molecular weight is 336 g/mol. The summed E-state index contributed by atoms with van der Waals surface area (Å²) >= 11 is 0. The number of carboxylic acid groups (broad SMARTS) is 1. The van der Waals surface area contributed by atoms with E-state index in [-0.39, 0.29) is 12.5 Å². The van der Waals surface area contributed by atoms with Gasteiger partial charge in [0.05, 0.1) is 0 Å². The van der Waals surface area contributed by atoms with Gasteiger partial charge < -0.3 is 5.11 Å². The molecular formula is C20H32O4. The Bertz CT molecular complexity index is 408. The molecule has 0 aromatic heterocycles. The van der Waals surface area contributed by atoms with E-state index >= 15 is 0 Å². The van der Waals surface area contributed by atoms with Gasteiger partial charge in [0.25, 0.3) is 0 Å². The zero-order chi connectivity index (χ0) is 17.9. The van der Waals surface area contributed by atoms with E-state index in [1.165, 1.54) is 19.3 Å². The standard InChI is InChI=1S/C20H32O4/c1-2-3-4-5-10-13-16-19(24-23)17-14-11-8-6-7-9-12-15-18-20(21)22/h7-11,13-14,17,19,23H,2-6,12,15-16,18H2,1H3,(H,21,22)/t19-/m1/s1. The van der Waals surface area contributed by atoms with Gasteiger partial charge in [-0.1, -0.05) is 68.4 Å². The molecule has 0 aliphatic rings. The lowest BCUT2D eigenvalue weighted by molar-refractivity contribution is -0.264. The molecule has 0 saturated carbocycles. The Balaban J connectivity index is 3.79. The van der Waals surface area contributed by atoms with E-state index in [1.54, 1.807) is 0 Å². The van der Waals surface area contributed by atoms with Gasteiger partial charge in [0.1, 0.15) is 6.10 Å². The van der Waals surface area contributed by atoms with Crippen LogP contribution in [0.4, 0.5) is 0 Å². The van der Waals surface area contributed by atoms with Gasteiger partial charge in [-0.05, 0) is 38.5 Å². The molecule has 0 unspecified atom stereocenters. The summed E-state index contributed by atoms with van der Waals surface area (Å²) in [5.74, 6) is -0.745. The van der Waals surface area contributed by atoms with Crippen LogP contribution in [0.2, 0.25) is 0 Å². The Labute approximate surface area is 146 Å². The van der Waals surface area contributed by atoms with Gasteiger partial charge in [0.15, 0.2) is 0 Å². The summed E-state index contributed by atoms with van der Waals surface area (Å²) in [6, 6.07) is 0. The lowest BCUT2D eigenvalue weighted by Crippen LogP contribution is -2.04. The molecule has 0 aliphatic heterocycles. The molecule has 1 atom stereocenters. The SMILES string of the molecule is CCCCCC=CC[C@H](C=CC=CCC=CCCCC(=O)O)OO. The van der Waals surface area contributed by atoms with Crippen molar-refractivity contribution in [2.75, 3.05) is 0 Å². The second kappa shape index (κ2) is 17.7. The maximum Gasteiger partial charge on any atom is 0.303 e. The molecule has 0 fully saturated rings. The molecule has 0 aromatic rings. The topological polar surface area (TPSA) is 66.8 Å². The van der Waals surface area contributed by atoms with Gasteiger partial charge in [-0.15, -0.1) is 0 Å². The molecule has 24 heavy (non-hydrogen) atoms. The van der Waals surface area contributed by atoms with E-state index in [0.717, 1.165) is 19.3 Å². The third-order valence-electron chi connectivity index (χ3n) is 3.42. The van der Waals surface area contributed by atoms with E-state index in [1.807, 2.05) is 42.5 Å². The summed E-state index contributed by atoms with van der Waals surface area (Å²) in [6.45, 7) is 2.19. The molecule has 4 heteroatoms. The largest absolute Gasteiger partial charge is 0.481 e. The normalized spacial score (nSPS) is 13.8. The van der Waals surface area contributed by atoms with E-state index in [4.69, 9.17) is 10.4 Å². The van der Waals surface area contributed by atoms with Crippen LogP contribution >= 0.6 is 0 Å². The smallest absolute Gasteiger partial charge is 0.303 e. The number of carboxylic acids is 1. The highest BCUT2D eigenvalue weighted by Crippen LogP contribution is 2.04. The van der Waals surface area contributed by atoms with Crippen LogP contribution in [0, 0.1) is 0 Å². The lowest BCUT2D eigenvalue weighted by atomic mass is 10.1. The second-order valence-corrected chi connectivity index (χ2v) is 5.65. The maximum absolute atomic E-state index is 10.3. The molecule has 0 aromatic carbocycles. The molecule has 0 bridgehead atoms. The number of hydrogen-bond acceptors (Lipinski definition) is 3. The van der Waals surface area contributed by atoms with Crippen LogP contribution in [0.3, 0.4) is 0 Å². The van der Waals surface area contributed by atoms with Crippen LogP contribution in [0.5, 0.6) is 0 Å². The summed E-state index contributed by atoms with van der Waals surface area (Å²) in [6.07, 6.45) is 23.4. The van der Waals surface area contributed by atoms with Gasteiger partial charge in [0.2, 0.25) is 0 Å². The molecule has 2 N–H and O–H groups in total. The molecule has 0 spiro atoms. The van der Waals surface area contributed by atoms with Crippen LogP contribution in [0.25, 0.3) is 0 Å². The quantitative estimate of drug-likeness (QED) is 0.133. The summed E-state index contributed by atoms with van der Waals surface area (Å²) in [5, 5.41) is 17.4. The minimum absolute atomic E-state index is 0.221. The first-order valence-corrected chi connectivity index (χ1v) is 8.86. The van der Waals surface area contributed by atoms with Crippen LogP contribution < -0.4 is 0 Å². The number of aliphatic carboxylic acids is 1. The van der Waals surface area contributed by atoms with Crippen LogP contribution in [-0.2, 0) is 9.68 Å². The zero-order valence-corrected chi connectivity index (χ0v) is 14.8. The van der Waals surface area contributed by atoms with Crippen molar-refractivity contribution >= 4 is 5.97 Å². The van der Waals surface area contributed by atoms with Crippen LogP contribution in [0.1, 0.15) is 64.7 Å². The van der Waals surface area contributed by atoms with Crippen molar-refractivity contribution in [1.29, 1.82) is 0 Å². The highest BCUT2D eigenvalue weighted by Gasteiger charge is 1.99. The second-order valence-electron chi connectivity index (χ2n) is 5.65. The van der Waals surface area contributed by atoms with Crippen molar-refractivity contribution in [2.24, 2.45) is 0 Å². The first-order chi connectivity index (χ1) is 11.7. The minimum Gasteiger partial charge on any atom is -0.481 e. The lowest BCUT2D eigenvalue weighted by Gasteiger charge is -2.04. The predicted molar refractivity (Wildman–Crippen MR) is 98.9 cm³/mol. The fraction of sp³-hybridized carbons (Fsp3) is 0.550. The van der Waals surface area contributed by atoms with Gasteiger partial charge in [-0.2, -0.15) is 0 Å². The van der Waals surface area contributed by atoms with Crippen LogP contribution in [0.15, 0.2) is 48.6 Å². The third kappa shape index (κ3) is 16.7. The number of rotatable bonds is 15. The van der Waals surface area contributed by atoms with Gasteiger partial charge in [-0.25, -0.2) is 4.89 Å². The summed E-state index contributed by atoms with van der Waals surface area (Å²) in [7, 11) is 0. The Kier molecular flexibility index (Phi) is 16.5. The van der Waals surface area contributed by atoms with Gasteiger partial charge in [-0.3, -0.25) is 10.1 Å². The molecule has 0 aliphatic carbocycles. The van der Waals surface area contributed by atoms with Crippen molar-refractivity contribution in [2.45, 2.75) is 70.8 Å². The van der Waals surface area contributed by atoms with Crippen molar-refractivity contribution in [3.8, 4) is 0 Å². The van der Waals surface area contributed by atoms with Gasteiger partial charge >= 0.3 is 5.97 Å². The molecule has 0 rings (SSSR count). The predicted octanol–water partition coefficient (Wildman–Crippen LogP) is 5.68. The van der Waals surface area contributed by atoms with Crippen molar-refractivity contribution < 1.29 is 20.0 Å². The van der Waals surface area contributed by atoms with E-state index < -0.39 is 5.97 Å². The third-order valence-corrected chi connectivity index (χ3v) is 3.42. The molecule has 0 radical (unpaired) electrons. The fourth-order valence-corrected chi connectivity index (χ4v) is 2.03. The highest BCUT2D eigenvalue weighted by molar-refractivity contribution is 5.66. The Morgan fingerprint density at radius 1 is 1.00 bits per heavy atom. The maximum atomic E-state index is 10.3. The number of hydrogen-bond donors (Lipinski definition) is 2. The number of allylic oxidation sites excluding steroid dienone is 6. The Morgan fingerprint density at radius 3 is 2.46 bits per heavy atom. The van der Waals surface area contributed by atoms with E-state index in [2.05, 4.69) is 17.9 Å². The van der Waals surface area contributed by atoms with E-state index in [0.29, 0.717) is 12.8 Å². The molecule has 0 saturated heterocycles. The number of unbranched alkanes of at least 4 members (excludes halogenated alkanes) is 4. The Hall–Kier alpha value is -1.65. The monoisotopic (exact) mass is 336 g/mol. The molecule has 0 heterocycles. The first kappa shape index (κ1) is 22.4. The van der Waals surface area contributed by atoms with Crippen molar-refractivity contribution in [3.63, 3.8) is 0 Å². The van der Waals surface area contributed by atoms with E-state index in [9.17, 15) is 4.79 Å². The molecular weight excluding hydrogens is 304 g/mol. The molecule has 4 nitrogen and oxygen atoms in total. The van der Waals surface area contributed by atoms with Gasteiger partial charge in [0, 0.05) is 6.42 Å².